The SMILES string of the molecule is CC1CCCNC1C(=O)NC(C)(C)CC(N)=O. The molecular weight excluding hydrogens is 218 g/mol. The summed E-state index contributed by atoms with van der Waals surface area (Å²) >= 11 is 0. The number of amides is 2. The normalized spacial score (nSPS) is 25.4. The predicted octanol–water partition coefficient (Wildman–Crippen LogP) is 0.145. The second kappa shape index (κ2) is 5.49. The first-order chi connectivity index (χ1) is 7.82. The summed E-state index contributed by atoms with van der Waals surface area (Å²) in [5, 5.41) is 6.10. The molecule has 0 radical (unpaired) electrons. The van der Waals surface area contributed by atoms with E-state index in [2.05, 4.69) is 17.6 Å². The largest absolute Gasteiger partial charge is 0.370 e. The van der Waals surface area contributed by atoms with Gasteiger partial charge >= 0.3 is 0 Å². The third-order valence-corrected chi connectivity index (χ3v) is 3.13. The van der Waals surface area contributed by atoms with Crippen molar-refractivity contribution in [2.24, 2.45) is 11.7 Å². The molecule has 5 nitrogen and oxygen atoms in total. The third kappa shape index (κ3) is 4.34. The van der Waals surface area contributed by atoms with Crippen LogP contribution in [0.25, 0.3) is 0 Å². The van der Waals surface area contributed by atoms with Gasteiger partial charge in [-0.25, -0.2) is 0 Å². The molecule has 0 bridgehead atoms. The number of hydrogen-bond acceptors (Lipinski definition) is 3. The molecule has 17 heavy (non-hydrogen) atoms. The van der Waals surface area contributed by atoms with Crippen molar-refractivity contribution in [1.29, 1.82) is 0 Å². The monoisotopic (exact) mass is 241 g/mol. The Bertz CT molecular complexity index is 302. The number of carbonyl (C=O) groups excluding carboxylic acids is 2. The molecule has 1 fully saturated rings. The van der Waals surface area contributed by atoms with Gasteiger partial charge in [0.2, 0.25) is 11.8 Å². The van der Waals surface area contributed by atoms with Crippen molar-refractivity contribution in [2.45, 2.75) is 51.6 Å². The van der Waals surface area contributed by atoms with E-state index < -0.39 is 11.4 Å². The van der Waals surface area contributed by atoms with Gasteiger partial charge in [-0.05, 0) is 39.2 Å². The zero-order valence-corrected chi connectivity index (χ0v) is 10.9. The van der Waals surface area contributed by atoms with Gasteiger partial charge in [-0.3, -0.25) is 9.59 Å². The lowest BCUT2D eigenvalue weighted by Crippen LogP contribution is -2.56. The molecule has 5 heteroatoms. The van der Waals surface area contributed by atoms with Crippen LogP contribution >= 0.6 is 0 Å². The van der Waals surface area contributed by atoms with E-state index >= 15 is 0 Å². The minimum Gasteiger partial charge on any atom is -0.370 e. The van der Waals surface area contributed by atoms with Gasteiger partial charge < -0.3 is 16.4 Å². The highest BCUT2D eigenvalue weighted by Gasteiger charge is 2.31. The summed E-state index contributed by atoms with van der Waals surface area (Å²) in [5.74, 6) is -0.114. The van der Waals surface area contributed by atoms with E-state index in [-0.39, 0.29) is 18.4 Å². The Kier molecular flexibility index (Phi) is 4.51. The van der Waals surface area contributed by atoms with Gasteiger partial charge in [-0.15, -0.1) is 0 Å². The lowest BCUT2D eigenvalue weighted by atomic mass is 9.91. The Morgan fingerprint density at radius 2 is 2.12 bits per heavy atom. The van der Waals surface area contributed by atoms with E-state index in [9.17, 15) is 9.59 Å². The molecule has 0 aromatic rings. The van der Waals surface area contributed by atoms with Gasteiger partial charge in [0.25, 0.3) is 0 Å². The second-order valence-electron chi connectivity index (χ2n) is 5.57. The topological polar surface area (TPSA) is 84.2 Å². The molecule has 0 aromatic carbocycles. The number of nitrogens with one attached hydrogen (secondary N) is 2. The van der Waals surface area contributed by atoms with Crippen LogP contribution in [-0.4, -0.2) is 29.9 Å². The summed E-state index contributed by atoms with van der Waals surface area (Å²) in [6.07, 6.45) is 2.32. The van der Waals surface area contributed by atoms with E-state index in [1.807, 2.05) is 13.8 Å². The molecule has 1 aliphatic rings. The Hall–Kier alpha value is -1.10. The molecule has 0 aliphatic carbocycles. The quantitative estimate of drug-likeness (QED) is 0.655. The zero-order chi connectivity index (χ0) is 13.1. The van der Waals surface area contributed by atoms with Crippen LogP contribution in [0, 0.1) is 5.92 Å². The van der Waals surface area contributed by atoms with Gasteiger partial charge in [0.15, 0.2) is 0 Å². The van der Waals surface area contributed by atoms with Gasteiger partial charge in [-0.1, -0.05) is 6.92 Å². The molecule has 0 aromatic heterocycles. The Balaban J connectivity index is 2.55. The number of rotatable bonds is 4. The summed E-state index contributed by atoms with van der Waals surface area (Å²) in [7, 11) is 0. The van der Waals surface area contributed by atoms with Crippen molar-refractivity contribution in [3.63, 3.8) is 0 Å². The molecule has 4 N–H and O–H groups in total. The van der Waals surface area contributed by atoms with E-state index in [1.165, 1.54) is 0 Å². The minimum atomic E-state index is -0.582. The van der Waals surface area contributed by atoms with E-state index in [0.29, 0.717) is 5.92 Å². The number of carbonyl (C=O) groups is 2. The fourth-order valence-corrected chi connectivity index (χ4v) is 2.29. The maximum absolute atomic E-state index is 12.1. The smallest absolute Gasteiger partial charge is 0.237 e. The lowest BCUT2D eigenvalue weighted by molar-refractivity contribution is -0.127. The highest BCUT2D eigenvalue weighted by atomic mass is 16.2. The lowest BCUT2D eigenvalue weighted by Gasteiger charge is -2.33. The Morgan fingerprint density at radius 1 is 1.47 bits per heavy atom. The molecule has 1 aliphatic heterocycles. The molecule has 0 spiro atoms. The van der Waals surface area contributed by atoms with Crippen molar-refractivity contribution >= 4 is 11.8 Å². The van der Waals surface area contributed by atoms with Crippen molar-refractivity contribution in [1.82, 2.24) is 10.6 Å². The average molecular weight is 241 g/mol. The highest BCUT2D eigenvalue weighted by molar-refractivity contribution is 5.84. The van der Waals surface area contributed by atoms with Gasteiger partial charge in [0.1, 0.15) is 0 Å². The van der Waals surface area contributed by atoms with Crippen molar-refractivity contribution in [2.75, 3.05) is 6.54 Å². The van der Waals surface area contributed by atoms with E-state index in [1.54, 1.807) is 0 Å². The fraction of sp³-hybridized carbons (Fsp3) is 0.833. The number of hydrogen-bond donors (Lipinski definition) is 3. The van der Waals surface area contributed by atoms with Crippen LogP contribution < -0.4 is 16.4 Å². The van der Waals surface area contributed by atoms with Crippen molar-refractivity contribution < 1.29 is 9.59 Å². The standard InChI is InChI=1S/C12H23N3O2/c1-8-5-4-6-14-10(8)11(17)15-12(2,3)7-9(13)16/h8,10,14H,4-7H2,1-3H3,(H2,13,16)(H,15,17). The van der Waals surface area contributed by atoms with Crippen molar-refractivity contribution in [3.8, 4) is 0 Å². The predicted molar refractivity (Wildman–Crippen MR) is 66.2 cm³/mol. The number of nitrogens with two attached hydrogens (primary N) is 1. The van der Waals surface area contributed by atoms with Crippen LogP contribution in [0.4, 0.5) is 0 Å². The van der Waals surface area contributed by atoms with E-state index in [4.69, 9.17) is 5.73 Å². The summed E-state index contributed by atoms with van der Waals surface area (Å²) in [5.41, 5.74) is 4.57. The van der Waals surface area contributed by atoms with Crippen molar-refractivity contribution in [3.05, 3.63) is 0 Å². The number of primary amides is 1. The first-order valence-corrected chi connectivity index (χ1v) is 6.15. The Labute approximate surface area is 103 Å². The maximum atomic E-state index is 12.1. The van der Waals surface area contributed by atoms with Gasteiger partial charge in [0, 0.05) is 12.0 Å². The molecule has 2 unspecified atom stereocenters. The molecular formula is C12H23N3O2. The molecule has 2 atom stereocenters. The third-order valence-electron chi connectivity index (χ3n) is 3.13. The molecule has 1 rings (SSSR count). The molecule has 2 amide bonds. The summed E-state index contributed by atoms with van der Waals surface area (Å²) < 4.78 is 0. The van der Waals surface area contributed by atoms with Crippen LogP contribution in [-0.2, 0) is 9.59 Å². The molecule has 1 saturated heterocycles. The van der Waals surface area contributed by atoms with Crippen LogP contribution in [0.3, 0.4) is 0 Å². The summed E-state index contributed by atoms with van der Waals surface area (Å²) in [4.78, 5) is 23.0. The molecule has 1 heterocycles. The van der Waals surface area contributed by atoms with Crippen LogP contribution in [0.1, 0.15) is 40.0 Å². The molecule has 98 valence electrons. The average Bonchev–Trinajstić information content (AvgIpc) is 2.14. The van der Waals surface area contributed by atoms with Crippen LogP contribution in [0.15, 0.2) is 0 Å². The molecule has 0 saturated carbocycles. The summed E-state index contributed by atoms with van der Waals surface area (Å²) in [6.45, 7) is 6.56. The second-order valence-corrected chi connectivity index (χ2v) is 5.57. The van der Waals surface area contributed by atoms with Crippen LogP contribution in [0.5, 0.6) is 0 Å². The maximum Gasteiger partial charge on any atom is 0.237 e. The van der Waals surface area contributed by atoms with E-state index in [0.717, 1.165) is 19.4 Å². The fourth-order valence-electron chi connectivity index (χ4n) is 2.29. The van der Waals surface area contributed by atoms with Gasteiger partial charge in [-0.2, -0.15) is 0 Å². The summed E-state index contributed by atoms with van der Waals surface area (Å²) in [6, 6.07) is -0.157. The van der Waals surface area contributed by atoms with Crippen LogP contribution in [0.2, 0.25) is 0 Å². The van der Waals surface area contributed by atoms with Gasteiger partial charge in [0.05, 0.1) is 6.04 Å². The zero-order valence-electron chi connectivity index (χ0n) is 10.9. The first kappa shape index (κ1) is 14.0. The minimum absolute atomic E-state index is 0.0385. The number of piperidine rings is 1. The first-order valence-electron chi connectivity index (χ1n) is 6.15. The highest BCUT2D eigenvalue weighted by Crippen LogP contribution is 2.17. The Morgan fingerprint density at radius 3 is 2.65 bits per heavy atom.